The summed E-state index contributed by atoms with van der Waals surface area (Å²) in [6.07, 6.45) is -1.80. The van der Waals surface area contributed by atoms with Gasteiger partial charge in [0.25, 0.3) is 0 Å². The smallest absolute Gasteiger partial charge is 0.416 e. The summed E-state index contributed by atoms with van der Waals surface area (Å²) in [6, 6.07) is 17.4. The molecule has 0 radical (unpaired) electrons. The zero-order valence-corrected chi connectivity index (χ0v) is 13.5. The Balaban J connectivity index is 1.66. The van der Waals surface area contributed by atoms with Crippen LogP contribution < -0.4 is 5.32 Å². The second-order valence-electron chi connectivity index (χ2n) is 5.47. The molecule has 6 heteroatoms. The van der Waals surface area contributed by atoms with Crippen molar-refractivity contribution in [1.29, 1.82) is 0 Å². The van der Waals surface area contributed by atoms with E-state index in [4.69, 9.17) is 4.42 Å². The number of amides is 1. The minimum atomic E-state index is -4.46. The van der Waals surface area contributed by atoms with Gasteiger partial charge in [-0.05, 0) is 36.4 Å². The van der Waals surface area contributed by atoms with Crippen molar-refractivity contribution in [3.05, 3.63) is 84.1 Å². The Morgan fingerprint density at radius 3 is 2.46 bits per heavy atom. The second kappa shape index (κ2) is 7.31. The molecule has 0 spiro atoms. The average Bonchev–Trinajstić information content (AvgIpc) is 3.09. The SMILES string of the molecule is O=C(/C=C/c1ccc(-c2ccccc2)o1)Nc1cccc(C(F)(F)F)c1. The predicted octanol–water partition coefficient (Wildman–Crippen LogP) is 5.62. The number of halogens is 3. The molecule has 0 aliphatic rings. The quantitative estimate of drug-likeness (QED) is 0.616. The van der Waals surface area contributed by atoms with Crippen LogP contribution in [0.15, 0.2) is 77.2 Å². The van der Waals surface area contributed by atoms with Crippen LogP contribution in [-0.2, 0) is 11.0 Å². The van der Waals surface area contributed by atoms with Gasteiger partial charge in [0.2, 0.25) is 5.91 Å². The molecule has 1 amide bonds. The third-order valence-corrected chi connectivity index (χ3v) is 3.54. The number of hydrogen-bond acceptors (Lipinski definition) is 2. The maximum absolute atomic E-state index is 12.7. The van der Waals surface area contributed by atoms with E-state index in [0.29, 0.717) is 11.5 Å². The lowest BCUT2D eigenvalue weighted by Gasteiger charge is -2.08. The fraction of sp³-hybridized carbons (Fsp3) is 0.0500. The molecule has 0 saturated carbocycles. The minimum Gasteiger partial charge on any atom is -0.457 e. The van der Waals surface area contributed by atoms with E-state index in [-0.39, 0.29) is 5.69 Å². The number of carbonyl (C=O) groups excluding carboxylic acids is 1. The first-order chi connectivity index (χ1) is 12.4. The van der Waals surface area contributed by atoms with Gasteiger partial charge >= 0.3 is 6.18 Å². The van der Waals surface area contributed by atoms with Crippen LogP contribution in [0.25, 0.3) is 17.4 Å². The molecule has 132 valence electrons. The molecule has 1 N–H and O–H groups in total. The Bertz CT molecular complexity index is 927. The highest BCUT2D eigenvalue weighted by atomic mass is 19.4. The predicted molar refractivity (Wildman–Crippen MR) is 93.3 cm³/mol. The summed E-state index contributed by atoms with van der Waals surface area (Å²) in [6.45, 7) is 0. The summed E-state index contributed by atoms with van der Waals surface area (Å²) in [4.78, 5) is 11.9. The number of furan rings is 1. The van der Waals surface area contributed by atoms with E-state index in [0.717, 1.165) is 17.7 Å². The van der Waals surface area contributed by atoms with Gasteiger partial charge in [0.1, 0.15) is 11.5 Å². The van der Waals surface area contributed by atoms with E-state index in [9.17, 15) is 18.0 Å². The molecule has 1 heterocycles. The Hall–Kier alpha value is -3.28. The molecular formula is C20H14F3NO2. The molecule has 3 rings (SSSR count). The average molecular weight is 357 g/mol. The highest BCUT2D eigenvalue weighted by Gasteiger charge is 2.30. The maximum Gasteiger partial charge on any atom is 0.416 e. The molecule has 0 unspecified atom stereocenters. The highest BCUT2D eigenvalue weighted by molar-refractivity contribution is 6.01. The molecule has 26 heavy (non-hydrogen) atoms. The lowest BCUT2D eigenvalue weighted by molar-refractivity contribution is -0.137. The molecular weight excluding hydrogens is 343 g/mol. The Morgan fingerprint density at radius 2 is 1.73 bits per heavy atom. The summed E-state index contributed by atoms with van der Waals surface area (Å²) in [7, 11) is 0. The van der Waals surface area contributed by atoms with Crippen molar-refractivity contribution in [3.63, 3.8) is 0 Å². The lowest BCUT2D eigenvalue weighted by Crippen LogP contribution is -2.10. The van der Waals surface area contributed by atoms with Crippen molar-refractivity contribution in [1.82, 2.24) is 0 Å². The third kappa shape index (κ3) is 4.42. The van der Waals surface area contributed by atoms with E-state index in [1.165, 1.54) is 24.3 Å². The van der Waals surface area contributed by atoms with E-state index in [1.54, 1.807) is 12.1 Å². The van der Waals surface area contributed by atoms with Crippen LogP contribution in [0.3, 0.4) is 0 Å². The van der Waals surface area contributed by atoms with Gasteiger partial charge in [0.15, 0.2) is 0 Å². The topological polar surface area (TPSA) is 42.2 Å². The van der Waals surface area contributed by atoms with E-state index in [1.807, 2.05) is 30.3 Å². The first kappa shape index (κ1) is 17.5. The summed E-state index contributed by atoms with van der Waals surface area (Å²) >= 11 is 0. The molecule has 0 atom stereocenters. The third-order valence-electron chi connectivity index (χ3n) is 3.54. The molecule has 3 aromatic rings. The Kier molecular flexibility index (Phi) is 4.93. The van der Waals surface area contributed by atoms with Crippen LogP contribution in [0.5, 0.6) is 0 Å². The van der Waals surface area contributed by atoms with Gasteiger partial charge in [-0.2, -0.15) is 13.2 Å². The van der Waals surface area contributed by atoms with E-state index >= 15 is 0 Å². The van der Waals surface area contributed by atoms with Crippen molar-refractivity contribution < 1.29 is 22.4 Å². The largest absolute Gasteiger partial charge is 0.457 e. The fourth-order valence-electron chi connectivity index (χ4n) is 2.31. The van der Waals surface area contributed by atoms with Crippen LogP contribution in [-0.4, -0.2) is 5.91 Å². The van der Waals surface area contributed by atoms with Gasteiger partial charge < -0.3 is 9.73 Å². The molecule has 3 nitrogen and oxygen atoms in total. The van der Waals surface area contributed by atoms with E-state index in [2.05, 4.69) is 5.32 Å². The number of hydrogen-bond donors (Lipinski definition) is 1. The number of alkyl halides is 3. The number of benzene rings is 2. The molecule has 0 saturated heterocycles. The van der Waals surface area contributed by atoms with Crippen molar-refractivity contribution in [2.45, 2.75) is 6.18 Å². The van der Waals surface area contributed by atoms with E-state index < -0.39 is 17.6 Å². The standard InChI is InChI=1S/C20H14F3NO2/c21-20(22,23)15-7-4-8-16(13-15)24-19(25)12-10-17-9-11-18(26-17)14-5-2-1-3-6-14/h1-13H,(H,24,25)/b12-10+. The van der Waals surface area contributed by atoms with Crippen LogP contribution in [0.1, 0.15) is 11.3 Å². The van der Waals surface area contributed by atoms with Crippen molar-refractivity contribution >= 4 is 17.7 Å². The maximum atomic E-state index is 12.7. The highest BCUT2D eigenvalue weighted by Crippen LogP contribution is 2.30. The van der Waals surface area contributed by atoms with Gasteiger partial charge in [-0.25, -0.2) is 0 Å². The summed E-state index contributed by atoms with van der Waals surface area (Å²) in [5.41, 5.74) is 0.150. The number of rotatable bonds is 4. The van der Waals surface area contributed by atoms with Crippen molar-refractivity contribution in [2.24, 2.45) is 0 Å². The van der Waals surface area contributed by atoms with Gasteiger partial charge in [-0.1, -0.05) is 36.4 Å². The molecule has 1 aromatic heterocycles. The zero-order chi connectivity index (χ0) is 18.6. The second-order valence-corrected chi connectivity index (χ2v) is 5.47. The molecule has 0 fully saturated rings. The van der Waals surface area contributed by atoms with Gasteiger partial charge in [-0.3, -0.25) is 4.79 Å². The number of nitrogens with one attached hydrogen (secondary N) is 1. The van der Waals surface area contributed by atoms with Gasteiger partial charge in [0, 0.05) is 17.3 Å². The van der Waals surface area contributed by atoms with Crippen LogP contribution in [0, 0.1) is 0 Å². The van der Waals surface area contributed by atoms with Crippen molar-refractivity contribution in [3.8, 4) is 11.3 Å². The van der Waals surface area contributed by atoms with Gasteiger partial charge in [-0.15, -0.1) is 0 Å². The minimum absolute atomic E-state index is 0.0684. The summed E-state index contributed by atoms with van der Waals surface area (Å²) in [5, 5.41) is 2.40. The van der Waals surface area contributed by atoms with Crippen molar-refractivity contribution in [2.75, 3.05) is 5.32 Å². The molecule has 0 bridgehead atoms. The Labute approximate surface area is 147 Å². The number of carbonyl (C=O) groups is 1. The van der Waals surface area contributed by atoms with Crippen LogP contribution >= 0.6 is 0 Å². The monoisotopic (exact) mass is 357 g/mol. The molecule has 0 aliphatic carbocycles. The molecule has 0 aliphatic heterocycles. The Morgan fingerprint density at radius 1 is 0.962 bits per heavy atom. The fourth-order valence-corrected chi connectivity index (χ4v) is 2.31. The summed E-state index contributed by atoms with van der Waals surface area (Å²) < 4.78 is 43.7. The lowest BCUT2D eigenvalue weighted by atomic mass is 10.2. The normalized spacial score (nSPS) is 11.7. The van der Waals surface area contributed by atoms with Gasteiger partial charge in [0.05, 0.1) is 5.56 Å². The first-order valence-corrected chi connectivity index (χ1v) is 7.73. The molecule has 2 aromatic carbocycles. The zero-order valence-electron chi connectivity index (χ0n) is 13.5. The summed E-state index contributed by atoms with van der Waals surface area (Å²) in [5.74, 6) is 0.563. The van der Waals surface area contributed by atoms with Crippen LogP contribution in [0.2, 0.25) is 0 Å². The first-order valence-electron chi connectivity index (χ1n) is 7.73. The van der Waals surface area contributed by atoms with Crippen LogP contribution in [0.4, 0.5) is 18.9 Å². The number of anilines is 1.